The van der Waals surface area contributed by atoms with Gasteiger partial charge < -0.3 is 5.11 Å². The van der Waals surface area contributed by atoms with Gasteiger partial charge in [-0.05, 0) is 25.3 Å². The van der Waals surface area contributed by atoms with Gasteiger partial charge in [-0.15, -0.1) is 0 Å². The number of aliphatic hydroxyl groups excluding tert-OH is 1. The molecule has 3 heteroatoms. The van der Waals surface area contributed by atoms with Crippen LogP contribution < -0.4 is 0 Å². The standard InChI is InChI=1S/C20H32O3/c1-2-3-4-5-6-7-8-9-10-11-12-14-17(21)20-18(22)15-13-16-19(20)23/h12,14,21H,2-11,13,15-16H2,1H3. The number of unbranched alkanes of at least 4 members (excludes halogenated alkanes) is 9. The molecule has 1 saturated carbocycles. The summed E-state index contributed by atoms with van der Waals surface area (Å²) in [6.45, 7) is 2.24. The van der Waals surface area contributed by atoms with E-state index in [0.717, 1.165) is 12.8 Å². The van der Waals surface area contributed by atoms with E-state index in [-0.39, 0.29) is 22.9 Å². The van der Waals surface area contributed by atoms with Crippen molar-refractivity contribution in [3.8, 4) is 0 Å². The lowest BCUT2D eigenvalue weighted by atomic mass is 9.91. The number of hydrogen-bond acceptors (Lipinski definition) is 3. The monoisotopic (exact) mass is 320 g/mol. The smallest absolute Gasteiger partial charge is 0.170 e. The minimum absolute atomic E-state index is 0.0135. The molecule has 0 radical (unpaired) electrons. The highest BCUT2D eigenvalue weighted by atomic mass is 16.3. The number of ketones is 2. The molecule has 0 aliphatic heterocycles. The number of hydrogen-bond donors (Lipinski definition) is 1. The first-order chi connectivity index (χ1) is 11.2. The molecule has 3 nitrogen and oxygen atoms in total. The van der Waals surface area contributed by atoms with Crippen molar-refractivity contribution in [2.24, 2.45) is 0 Å². The molecule has 1 rings (SSSR count). The third-order valence-corrected chi connectivity index (χ3v) is 4.37. The second kappa shape index (κ2) is 12.1. The van der Waals surface area contributed by atoms with Crippen molar-refractivity contribution in [3.05, 3.63) is 23.5 Å². The first kappa shape index (κ1) is 19.7. The van der Waals surface area contributed by atoms with Crippen molar-refractivity contribution >= 4 is 11.6 Å². The molecular weight excluding hydrogens is 288 g/mol. The number of carbonyl (C=O) groups excluding carboxylic acids is 2. The number of Topliss-reactive ketones (excluding diaryl/α,β-unsaturated/α-hetero) is 2. The molecular formula is C20H32O3. The van der Waals surface area contributed by atoms with E-state index in [1.165, 1.54) is 57.4 Å². The Morgan fingerprint density at radius 1 is 0.913 bits per heavy atom. The van der Waals surface area contributed by atoms with Gasteiger partial charge in [0.1, 0.15) is 11.3 Å². The fourth-order valence-electron chi connectivity index (χ4n) is 2.95. The summed E-state index contributed by atoms with van der Waals surface area (Å²) in [5.41, 5.74) is 0.0135. The summed E-state index contributed by atoms with van der Waals surface area (Å²) in [7, 11) is 0. The van der Waals surface area contributed by atoms with Crippen LogP contribution in [0.15, 0.2) is 23.5 Å². The van der Waals surface area contributed by atoms with E-state index in [1.807, 2.05) is 6.08 Å². The Morgan fingerprint density at radius 3 is 2.00 bits per heavy atom. The maximum atomic E-state index is 11.7. The summed E-state index contributed by atoms with van der Waals surface area (Å²) >= 11 is 0. The zero-order chi connectivity index (χ0) is 16.9. The number of carbonyl (C=O) groups is 2. The molecule has 0 bridgehead atoms. The second-order valence-corrected chi connectivity index (χ2v) is 6.48. The Hall–Kier alpha value is -1.38. The van der Waals surface area contributed by atoms with E-state index in [0.29, 0.717) is 19.3 Å². The summed E-state index contributed by atoms with van der Waals surface area (Å²) in [5, 5.41) is 9.91. The van der Waals surface area contributed by atoms with Crippen LogP contribution in [0, 0.1) is 0 Å². The van der Waals surface area contributed by atoms with Crippen LogP contribution in [-0.2, 0) is 9.59 Å². The normalized spacial score (nSPS) is 15.6. The molecule has 1 fully saturated rings. The maximum Gasteiger partial charge on any atom is 0.170 e. The molecule has 23 heavy (non-hydrogen) atoms. The first-order valence-electron chi connectivity index (χ1n) is 9.33. The van der Waals surface area contributed by atoms with Crippen molar-refractivity contribution in [1.29, 1.82) is 0 Å². The molecule has 0 aromatic heterocycles. The van der Waals surface area contributed by atoms with Crippen LogP contribution in [0.1, 0.15) is 90.4 Å². The third kappa shape index (κ3) is 8.15. The van der Waals surface area contributed by atoms with Crippen LogP contribution in [0.2, 0.25) is 0 Å². The second-order valence-electron chi connectivity index (χ2n) is 6.48. The number of aliphatic hydroxyl groups is 1. The Morgan fingerprint density at radius 2 is 1.43 bits per heavy atom. The largest absolute Gasteiger partial charge is 0.507 e. The molecule has 1 aliphatic rings. The van der Waals surface area contributed by atoms with Gasteiger partial charge in [0.2, 0.25) is 0 Å². The molecule has 0 aromatic carbocycles. The summed E-state index contributed by atoms with van der Waals surface area (Å²) in [5.74, 6) is -0.575. The lowest BCUT2D eigenvalue weighted by Crippen LogP contribution is -2.20. The van der Waals surface area contributed by atoms with Gasteiger partial charge in [0.25, 0.3) is 0 Å². The van der Waals surface area contributed by atoms with Crippen molar-refractivity contribution < 1.29 is 14.7 Å². The van der Waals surface area contributed by atoms with Crippen molar-refractivity contribution in [1.82, 2.24) is 0 Å². The highest BCUT2D eigenvalue weighted by Gasteiger charge is 2.25. The molecule has 0 atom stereocenters. The van der Waals surface area contributed by atoms with Gasteiger partial charge in [0.15, 0.2) is 11.6 Å². The van der Waals surface area contributed by atoms with Crippen molar-refractivity contribution in [2.75, 3.05) is 0 Å². The quantitative estimate of drug-likeness (QED) is 0.233. The fraction of sp³-hybridized carbons (Fsp3) is 0.700. The molecule has 0 aromatic rings. The van der Waals surface area contributed by atoms with Gasteiger partial charge in [-0.3, -0.25) is 9.59 Å². The van der Waals surface area contributed by atoms with Crippen LogP contribution in [0.25, 0.3) is 0 Å². The molecule has 1 aliphatic carbocycles. The van der Waals surface area contributed by atoms with Crippen LogP contribution >= 0.6 is 0 Å². The summed E-state index contributed by atoms with van der Waals surface area (Å²) in [6, 6.07) is 0. The van der Waals surface area contributed by atoms with Gasteiger partial charge >= 0.3 is 0 Å². The zero-order valence-electron chi connectivity index (χ0n) is 14.6. The summed E-state index contributed by atoms with van der Waals surface area (Å²) in [6.07, 6.45) is 17.2. The minimum atomic E-state index is -0.216. The Bertz CT molecular complexity index is 414. The van der Waals surface area contributed by atoms with Crippen LogP contribution in [-0.4, -0.2) is 16.7 Å². The Labute approximate surface area is 140 Å². The summed E-state index contributed by atoms with van der Waals surface area (Å²) < 4.78 is 0. The van der Waals surface area contributed by atoms with Gasteiger partial charge in [-0.25, -0.2) is 0 Å². The van der Waals surface area contributed by atoms with Crippen molar-refractivity contribution in [3.63, 3.8) is 0 Å². The Balaban J connectivity index is 2.14. The maximum absolute atomic E-state index is 11.7. The lowest BCUT2D eigenvalue weighted by Gasteiger charge is -2.11. The Kier molecular flexibility index (Phi) is 10.3. The molecule has 130 valence electrons. The average Bonchev–Trinajstić information content (AvgIpc) is 2.52. The van der Waals surface area contributed by atoms with E-state index in [2.05, 4.69) is 6.92 Å². The van der Waals surface area contributed by atoms with Gasteiger partial charge in [-0.2, -0.15) is 0 Å². The molecule has 0 spiro atoms. The average molecular weight is 320 g/mol. The van der Waals surface area contributed by atoms with E-state index >= 15 is 0 Å². The lowest BCUT2D eigenvalue weighted by molar-refractivity contribution is -0.124. The van der Waals surface area contributed by atoms with Gasteiger partial charge in [-0.1, -0.05) is 64.4 Å². The van der Waals surface area contributed by atoms with Crippen LogP contribution in [0.3, 0.4) is 0 Å². The number of rotatable bonds is 11. The van der Waals surface area contributed by atoms with E-state index < -0.39 is 0 Å². The highest BCUT2D eigenvalue weighted by molar-refractivity contribution is 6.22. The third-order valence-electron chi connectivity index (χ3n) is 4.37. The number of allylic oxidation sites excluding steroid dienone is 3. The summed E-state index contributed by atoms with van der Waals surface area (Å²) in [4.78, 5) is 23.3. The van der Waals surface area contributed by atoms with Crippen LogP contribution in [0.5, 0.6) is 0 Å². The predicted molar refractivity (Wildman–Crippen MR) is 94.5 cm³/mol. The minimum Gasteiger partial charge on any atom is -0.507 e. The van der Waals surface area contributed by atoms with E-state index in [4.69, 9.17) is 0 Å². The first-order valence-corrected chi connectivity index (χ1v) is 9.33. The highest BCUT2D eigenvalue weighted by Crippen LogP contribution is 2.19. The SMILES string of the molecule is CCCCCCCCCCCC=CC(O)=C1C(=O)CCCC1=O. The van der Waals surface area contributed by atoms with E-state index in [9.17, 15) is 14.7 Å². The topological polar surface area (TPSA) is 54.4 Å². The van der Waals surface area contributed by atoms with Crippen molar-refractivity contribution in [2.45, 2.75) is 90.4 Å². The molecule has 1 N–H and O–H groups in total. The molecule has 0 amide bonds. The fourth-order valence-corrected chi connectivity index (χ4v) is 2.95. The predicted octanol–water partition coefficient (Wildman–Crippen LogP) is 5.60. The van der Waals surface area contributed by atoms with Gasteiger partial charge in [0.05, 0.1) is 0 Å². The van der Waals surface area contributed by atoms with E-state index in [1.54, 1.807) is 0 Å². The molecule has 0 unspecified atom stereocenters. The zero-order valence-corrected chi connectivity index (χ0v) is 14.6. The molecule has 0 heterocycles. The van der Waals surface area contributed by atoms with Gasteiger partial charge in [0, 0.05) is 12.8 Å². The molecule has 0 saturated heterocycles. The van der Waals surface area contributed by atoms with Crippen LogP contribution in [0.4, 0.5) is 0 Å².